The maximum atomic E-state index is 12.4. The minimum absolute atomic E-state index is 0.142. The molecule has 0 saturated carbocycles. The highest BCUT2D eigenvalue weighted by Crippen LogP contribution is 2.35. The lowest BCUT2D eigenvalue weighted by Crippen LogP contribution is -2.14. The average molecular weight is 381 g/mol. The summed E-state index contributed by atoms with van der Waals surface area (Å²) in [5.41, 5.74) is 1.03. The smallest absolute Gasteiger partial charge is 0.334 e. The van der Waals surface area contributed by atoms with E-state index in [2.05, 4.69) is 0 Å². The number of carbonyl (C=O) groups is 2. The molecule has 27 heavy (non-hydrogen) atoms. The Bertz CT molecular complexity index is 1020. The quantitative estimate of drug-likeness (QED) is 0.282. The number of hydrogen-bond acceptors (Lipinski definition) is 5. The van der Waals surface area contributed by atoms with E-state index in [1.165, 1.54) is 24.5 Å². The predicted octanol–water partition coefficient (Wildman–Crippen LogP) is 4.78. The molecule has 1 aliphatic rings. The number of furan rings is 1. The van der Waals surface area contributed by atoms with Crippen molar-refractivity contribution in [3.05, 3.63) is 89.6 Å². The van der Waals surface area contributed by atoms with Crippen molar-refractivity contribution in [3.8, 4) is 11.5 Å². The molecule has 5 nitrogen and oxygen atoms in total. The number of fused-ring (bicyclic) bond motifs is 1. The van der Waals surface area contributed by atoms with Crippen LogP contribution in [0.25, 0.3) is 6.08 Å². The number of benzene rings is 2. The normalized spacial score (nSPS) is 15.3. The van der Waals surface area contributed by atoms with Crippen molar-refractivity contribution < 1.29 is 23.5 Å². The van der Waals surface area contributed by atoms with Crippen LogP contribution in [0.5, 0.6) is 11.5 Å². The largest absolute Gasteiger partial charge is 0.465 e. The Morgan fingerprint density at radius 2 is 1.89 bits per heavy atom. The van der Waals surface area contributed by atoms with Crippen LogP contribution in [0.4, 0.5) is 0 Å². The maximum absolute atomic E-state index is 12.4. The van der Waals surface area contributed by atoms with Gasteiger partial charge in [0.1, 0.15) is 17.3 Å². The van der Waals surface area contributed by atoms with E-state index >= 15 is 0 Å². The van der Waals surface area contributed by atoms with Crippen LogP contribution in [0.1, 0.15) is 27.1 Å². The lowest BCUT2D eigenvalue weighted by atomic mass is 10.1. The third-order valence-corrected chi connectivity index (χ3v) is 4.41. The molecule has 1 aromatic heterocycles. The van der Waals surface area contributed by atoms with Crippen molar-refractivity contribution in [1.82, 2.24) is 0 Å². The van der Waals surface area contributed by atoms with Gasteiger partial charge in [0.25, 0.3) is 0 Å². The molecule has 0 amide bonds. The molecular weight excluding hydrogens is 368 g/mol. The first-order valence-corrected chi connectivity index (χ1v) is 8.58. The summed E-state index contributed by atoms with van der Waals surface area (Å²) >= 11 is 6.17. The Morgan fingerprint density at radius 1 is 1.07 bits per heavy atom. The van der Waals surface area contributed by atoms with Crippen molar-refractivity contribution >= 4 is 29.4 Å². The molecule has 0 fully saturated rings. The van der Waals surface area contributed by atoms with Gasteiger partial charge in [-0.3, -0.25) is 4.79 Å². The number of carbonyl (C=O) groups excluding carboxylic acids is 2. The number of rotatable bonds is 4. The molecule has 0 aliphatic carbocycles. The molecule has 3 aromatic rings. The number of Topliss-reactive ketones (excluding diaryl/α,β-unsaturated/α-hetero) is 1. The van der Waals surface area contributed by atoms with Crippen LogP contribution in [0.15, 0.2) is 77.1 Å². The minimum Gasteiger partial charge on any atom is -0.465 e. The Kier molecular flexibility index (Phi) is 4.52. The van der Waals surface area contributed by atoms with E-state index < -0.39 is 11.3 Å². The van der Waals surface area contributed by atoms with Crippen molar-refractivity contribution in [2.45, 2.75) is 5.38 Å². The van der Waals surface area contributed by atoms with Gasteiger partial charge in [0, 0.05) is 12.1 Å². The van der Waals surface area contributed by atoms with E-state index in [1.807, 2.05) is 6.07 Å². The lowest BCUT2D eigenvalue weighted by Gasteiger charge is -2.10. The van der Waals surface area contributed by atoms with E-state index in [4.69, 9.17) is 25.5 Å². The fraction of sp³-hybridized carbons (Fsp3) is 0.0476. The van der Waals surface area contributed by atoms with Crippen molar-refractivity contribution in [3.63, 3.8) is 0 Å². The third-order valence-electron chi connectivity index (χ3n) is 3.98. The molecular formula is C21H13ClO5. The molecule has 1 atom stereocenters. The minimum atomic E-state index is -0.934. The van der Waals surface area contributed by atoms with E-state index in [0.717, 1.165) is 0 Å². The first kappa shape index (κ1) is 17.1. The summed E-state index contributed by atoms with van der Waals surface area (Å²) in [5.74, 6) is 0.326. The van der Waals surface area contributed by atoms with Gasteiger partial charge in [-0.15, -0.1) is 11.6 Å². The topological polar surface area (TPSA) is 65.7 Å². The number of ether oxygens (including phenoxy) is 2. The molecule has 0 saturated heterocycles. The SMILES string of the molecule is O=C1/C(=C/c2ccco2)Oc2cc(OC(=O)C(Cl)c3ccccc3)ccc21. The molecule has 0 spiro atoms. The Hall–Kier alpha value is -3.31. The van der Waals surface area contributed by atoms with Gasteiger partial charge in [-0.1, -0.05) is 30.3 Å². The fourth-order valence-corrected chi connectivity index (χ4v) is 2.85. The van der Waals surface area contributed by atoms with E-state index in [9.17, 15) is 9.59 Å². The molecule has 1 unspecified atom stereocenters. The molecule has 4 rings (SSSR count). The number of hydrogen-bond donors (Lipinski definition) is 0. The van der Waals surface area contributed by atoms with Gasteiger partial charge in [-0.05, 0) is 29.8 Å². The molecule has 6 heteroatoms. The van der Waals surface area contributed by atoms with Gasteiger partial charge in [-0.2, -0.15) is 0 Å². The maximum Gasteiger partial charge on any atom is 0.334 e. The first-order chi connectivity index (χ1) is 13.1. The second-order valence-corrected chi connectivity index (χ2v) is 6.24. The highest BCUT2D eigenvalue weighted by atomic mass is 35.5. The van der Waals surface area contributed by atoms with Crippen LogP contribution < -0.4 is 9.47 Å². The van der Waals surface area contributed by atoms with Gasteiger partial charge >= 0.3 is 5.97 Å². The summed E-state index contributed by atoms with van der Waals surface area (Å²) in [6, 6.07) is 16.9. The Labute approximate surface area is 159 Å². The summed E-state index contributed by atoms with van der Waals surface area (Å²) in [4.78, 5) is 24.7. The number of esters is 1. The van der Waals surface area contributed by atoms with Gasteiger partial charge in [-0.25, -0.2) is 4.79 Å². The zero-order chi connectivity index (χ0) is 18.8. The van der Waals surface area contributed by atoms with Crippen molar-refractivity contribution in [2.24, 2.45) is 0 Å². The van der Waals surface area contributed by atoms with E-state index in [0.29, 0.717) is 22.6 Å². The van der Waals surface area contributed by atoms with Crippen LogP contribution in [0.3, 0.4) is 0 Å². The van der Waals surface area contributed by atoms with Crippen LogP contribution in [0, 0.1) is 0 Å². The summed E-state index contributed by atoms with van der Waals surface area (Å²) < 4.78 is 16.1. The van der Waals surface area contributed by atoms with Crippen LogP contribution >= 0.6 is 11.6 Å². The Morgan fingerprint density at radius 3 is 2.63 bits per heavy atom. The molecule has 0 radical (unpaired) electrons. The fourth-order valence-electron chi connectivity index (χ4n) is 2.66. The monoisotopic (exact) mass is 380 g/mol. The molecule has 2 heterocycles. The number of allylic oxidation sites excluding steroid dienone is 1. The second kappa shape index (κ2) is 7.13. The second-order valence-electron chi connectivity index (χ2n) is 5.81. The highest BCUT2D eigenvalue weighted by Gasteiger charge is 2.29. The summed E-state index contributed by atoms with van der Waals surface area (Å²) in [7, 11) is 0. The van der Waals surface area contributed by atoms with Crippen LogP contribution in [-0.2, 0) is 4.79 Å². The molecule has 0 N–H and O–H groups in total. The number of halogens is 1. The molecule has 134 valence electrons. The average Bonchev–Trinajstić information content (AvgIpc) is 3.30. The van der Waals surface area contributed by atoms with Crippen LogP contribution in [-0.4, -0.2) is 11.8 Å². The zero-order valence-electron chi connectivity index (χ0n) is 13.9. The van der Waals surface area contributed by atoms with Gasteiger partial charge < -0.3 is 13.9 Å². The summed E-state index contributed by atoms with van der Waals surface area (Å²) in [6.07, 6.45) is 3.02. The molecule has 2 aromatic carbocycles. The van der Waals surface area contributed by atoms with E-state index in [-0.39, 0.29) is 17.3 Å². The van der Waals surface area contributed by atoms with Gasteiger partial charge in [0.2, 0.25) is 5.78 Å². The highest BCUT2D eigenvalue weighted by molar-refractivity contribution is 6.30. The first-order valence-electron chi connectivity index (χ1n) is 8.14. The Balaban J connectivity index is 1.52. The molecule has 1 aliphatic heterocycles. The summed E-state index contributed by atoms with van der Waals surface area (Å²) in [6.45, 7) is 0. The van der Waals surface area contributed by atoms with Crippen molar-refractivity contribution in [2.75, 3.05) is 0 Å². The number of ketones is 1. The van der Waals surface area contributed by atoms with Gasteiger partial charge in [0.05, 0.1) is 11.8 Å². The zero-order valence-corrected chi connectivity index (χ0v) is 14.7. The van der Waals surface area contributed by atoms with Crippen LogP contribution in [0.2, 0.25) is 0 Å². The van der Waals surface area contributed by atoms with Crippen molar-refractivity contribution in [1.29, 1.82) is 0 Å². The predicted molar refractivity (Wildman–Crippen MR) is 98.8 cm³/mol. The van der Waals surface area contributed by atoms with E-state index in [1.54, 1.807) is 42.5 Å². The standard InChI is InChI=1S/C21H13ClO5/c22-19(13-5-2-1-3-6-13)21(24)26-15-8-9-16-17(12-15)27-18(20(16)23)11-14-7-4-10-25-14/h1-12,19H/b18-11-. The van der Waals surface area contributed by atoms with Gasteiger partial charge in [0.15, 0.2) is 11.1 Å². The third kappa shape index (κ3) is 3.50. The number of alkyl halides is 1. The molecule has 0 bridgehead atoms. The summed E-state index contributed by atoms with van der Waals surface area (Å²) in [5, 5.41) is -0.934. The lowest BCUT2D eigenvalue weighted by molar-refractivity contribution is -0.134.